The van der Waals surface area contributed by atoms with Gasteiger partial charge in [0.1, 0.15) is 4.90 Å². The summed E-state index contributed by atoms with van der Waals surface area (Å²) in [5.74, 6) is 0.596. The van der Waals surface area contributed by atoms with Gasteiger partial charge in [-0.15, -0.1) is 0 Å². The number of sulfonamides is 1. The summed E-state index contributed by atoms with van der Waals surface area (Å²) in [6.45, 7) is 3.52. The number of nitrogens with one attached hydrogen (secondary N) is 1. The first-order valence-electron chi connectivity index (χ1n) is 12.4. The monoisotopic (exact) mass is 506 g/mol. The van der Waals surface area contributed by atoms with E-state index in [2.05, 4.69) is 9.71 Å². The van der Waals surface area contributed by atoms with Gasteiger partial charge >= 0.3 is 0 Å². The van der Waals surface area contributed by atoms with Gasteiger partial charge in [-0.05, 0) is 62.1 Å². The second kappa shape index (κ2) is 9.89. The predicted octanol–water partition coefficient (Wildman–Crippen LogP) is 3.90. The molecule has 1 unspecified atom stereocenters. The van der Waals surface area contributed by atoms with Crippen molar-refractivity contribution in [3.63, 3.8) is 0 Å². The van der Waals surface area contributed by atoms with E-state index < -0.39 is 10.0 Å². The van der Waals surface area contributed by atoms with E-state index in [-0.39, 0.29) is 22.8 Å². The van der Waals surface area contributed by atoms with Crippen LogP contribution in [0, 0.1) is 5.92 Å². The molecule has 1 aliphatic carbocycles. The van der Waals surface area contributed by atoms with Crippen LogP contribution < -0.4 is 4.72 Å². The molecule has 1 saturated carbocycles. The Morgan fingerprint density at radius 3 is 2.47 bits per heavy atom. The molecule has 3 aromatic rings. The smallest absolute Gasteiger partial charge is 0.264 e. The van der Waals surface area contributed by atoms with E-state index in [0.29, 0.717) is 48.7 Å². The minimum atomic E-state index is -3.87. The largest absolute Gasteiger partial charge is 0.339 e. The number of nitrogens with zero attached hydrogens (tertiary/aromatic N) is 3. The van der Waals surface area contributed by atoms with Crippen LogP contribution in [0.1, 0.15) is 43.0 Å². The zero-order valence-electron chi connectivity index (χ0n) is 20.3. The van der Waals surface area contributed by atoms with Crippen molar-refractivity contribution in [1.29, 1.82) is 0 Å². The van der Waals surface area contributed by atoms with Crippen molar-refractivity contribution in [1.82, 2.24) is 14.8 Å². The van der Waals surface area contributed by atoms with E-state index >= 15 is 0 Å². The molecule has 2 heterocycles. The molecular weight excluding hydrogens is 476 g/mol. The van der Waals surface area contributed by atoms with Crippen LogP contribution in [-0.2, 0) is 14.8 Å². The number of hydrogen-bond donors (Lipinski definition) is 1. The lowest BCUT2D eigenvalue weighted by Crippen LogP contribution is -2.55. The van der Waals surface area contributed by atoms with Crippen molar-refractivity contribution < 1.29 is 18.0 Å². The van der Waals surface area contributed by atoms with Gasteiger partial charge in [-0.1, -0.05) is 24.6 Å². The molecule has 1 saturated heterocycles. The number of aromatic nitrogens is 1. The van der Waals surface area contributed by atoms with Crippen LogP contribution >= 0.6 is 0 Å². The average molecular weight is 507 g/mol. The Hall–Kier alpha value is -3.46. The van der Waals surface area contributed by atoms with Crippen LogP contribution in [0.2, 0.25) is 0 Å². The quantitative estimate of drug-likeness (QED) is 0.547. The zero-order valence-corrected chi connectivity index (χ0v) is 21.1. The van der Waals surface area contributed by atoms with Crippen LogP contribution in [0.4, 0.5) is 5.69 Å². The molecule has 1 N–H and O–H groups in total. The molecule has 0 spiro atoms. The highest BCUT2D eigenvalue weighted by atomic mass is 32.2. The van der Waals surface area contributed by atoms with Gasteiger partial charge in [0, 0.05) is 54.9 Å². The SMILES string of the molecule is CC1CN(C(=O)CC2CCC2)CCN1C(=O)c1ccc(NS(=O)(=O)c2cccc3cccnc23)cc1. The number of hydrogen-bond acceptors (Lipinski definition) is 5. The molecule has 9 heteroatoms. The van der Waals surface area contributed by atoms with E-state index in [1.807, 2.05) is 24.0 Å². The van der Waals surface area contributed by atoms with Crippen molar-refractivity contribution in [2.24, 2.45) is 5.92 Å². The molecule has 2 fully saturated rings. The number of carbonyl (C=O) groups is 2. The van der Waals surface area contributed by atoms with Crippen LogP contribution in [-0.4, -0.2) is 60.7 Å². The number of anilines is 1. The van der Waals surface area contributed by atoms with Crippen LogP contribution in [0.3, 0.4) is 0 Å². The fraction of sp³-hybridized carbons (Fsp3) is 0.370. The van der Waals surface area contributed by atoms with E-state index in [9.17, 15) is 18.0 Å². The van der Waals surface area contributed by atoms with Gasteiger partial charge in [-0.25, -0.2) is 8.42 Å². The maximum absolute atomic E-state index is 13.2. The normalized spacial score (nSPS) is 18.6. The standard InChI is InChI=1S/C27H30N4O4S/c1-19-18-30(25(32)17-20-5-2-6-20)15-16-31(19)27(33)22-10-12-23(13-11-22)29-36(34,35)24-9-3-7-21-8-4-14-28-26(21)24/h3-4,7-14,19-20,29H,2,5-6,15-18H2,1H3. The fourth-order valence-corrected chi connectivity index (χ4v) is 6.15. The molecule has 2 aromatic carbocycles. The Morgan fingerprint density at radius 2 is 1.78 bits per heavy atom. The lowest BCUT2D eigenvalue weighted by molar-refractivity contribution is -0.135. The van der Waals surface area contributed by atoms with Gasteiger partial charge in [0.15, 0.2) is 0 Å². The number of piperazine rings is 1. The third-order valence-electron chi connectivity index (χ3n) is 7.20. The number of benzene rings is 2. The lowest BCUT2D eigenvalue weighted by Gasteiger charge is -2.40. The Labute approximate surface area is 211 Å². The Bertz CT molecular complexity index is 1380. The number of fused-ring (bicyclic) bond motifs is 1. The van der Waals surface area contributed by atoms with Crippen LogP contribution in [0.15, 0.2) is 65.7 Å². The molecule has 5 rings (SSSR count). The van der Waals surface area contributed by atoms with Crippen LogP contribution in [0.25, 0.3) is 10.9 Å². The maximum Gasteiger partial charge on any atom is 0.264 e. The molecule has 188 valence electrons. The predicted molar refractivity (Wildman–Crippen MR) is 138 cm³/mol. The van der Waals surface area contributed by atoms with E-state index in [1.54, 1.807) is 47.5 Å². The van der Waals surface area contributed by atoms with Crippen molar-refractivity contribution in [2.45, 2.75) is 43.5 Å². The molecule has 8 nitrogen and oxygen atoms in total. The van der Waals surface area contributed by atoms with Crippen LogP contribution in [0.5, 0.6) is 0 Å². The minimum absolute atomic E-state index is 0.0892. The Balaban J connectivity index is 1.24. The van der Waals surface area contributed by atoms with Crippen molar-refractivity contribution in [3.8, 4) is 0 Å². The molecule has 0 bridgehead atoms. The van der Waals surface area contributed by atoms with Crippen molar-refractivity contribution in [2.75, 3.05) is 24.4 Å². The molecule has 1 aromatic heterocycles. The maximum atomic E-state index is 13.2. The van der Waals surface area contributed by atoms with Crippen molar-refractivity contribution in [3.05, 3.63) is 66.4 Å². The molecule has 2 amide bonds. The summed E-state index contributed by atoms with van der Waals surface area (Å²) in [4.78, 5) is 33.7. The van der Waals surface area contributed by atoms with E-state index in [0.717, 1.165) is 18.2 Å². The highest BCUT2D eigenvalue weighted by molar-refractivity contribution is 7.93. The van der Waals surface area contributed by atoms with Gasteiger partial charge in [-0.3, -0.25) is 19.3 Å². The van der Waals surface area contributed by atoms with E-state index in [1.165, 1.54) is 12.5 Å². The first-order valence-corrected chi connectivity index (χ1v) is 13.9. The third-order valence-corrected chi connectivity index (χ3v) is 8.61. The number of para-hydroxylation sites is 1. The summed E-state index contributed by atoms with van der Waals surface area (Å²) >= 11 is 0. The number of amides is 2. The van der Waals surface area contributed by atoms with E-state index in [4.69, 9.17) is 0 Å². The van der Waals surface area contributed by atoms with Gasteiger partial charge in [0.05, 0.1) is 5.52 Å². The zero-order chi connectivity index (χ0) is 25.3. The lowest BCUT2D eigenvalue weighted by atomic mass is 9.82. The molecule has 0 radical (unpaired) electrons. The van der Waals surface area contributed by atoms with Gasteiger partial charge in [0.2, 0.25) is 5.91 Å². The topological polar surface area (TPSA) is 99.7 Å². The Kier molecular flexibility index (Phi) is 6.66. The first kappa shape index (κ1) is 24.2. The first-order chi connectivity index (χ1) is 17.3. The number of carbonyl (C=O) groups excluding carboxylic acids is 2. The van der Waals surface area contributed by atoms with Gasteiger partial charge in [-0.2, -0.15) is 0 Å². The number of rotatable bonds is 6. The average Bonchev–Trinajstić information content (AvgIpc) is 2.85. The van der Waals surface area contributed by atoms with Gasteiger partial charge in [0.25, 0.3) is 15.9 Å². The fourth-order valence-electron chi connectivity index (χ4n) is 4.91. The van der Waals surface area contributed by atoms with Crippen molar-refractivity contribution >= 4 is 38.4 Å². The number of pyridine rings is 1. The van der Waals surface area contributed by atoms with Gasteiger partial charge < -0.3 is 9.80 Å². The summed E-state index contributed by atoms with van der Waals surface area (Å²) in [5.41, 5.74) is 1.24. The molecule has 2 aliphatic rings. The molecular formula is C27H30N4O4S. The highest BCUT2D eigenvalue weighted by Crippen LogP contribution is 2.30. The molecule has 1 aliphatic heterocycles. The molecule has 1 atom stereocenters. The second-order valence-electron chi connectivity index (χ2n) is 9.70. The summed E-state index contributed by atoms with van der Waals surface area (Å²) < 4.78 is 28.7. The highest BCUT2D eigenvalue weighted by Gasteiger charge is 2.32. The molecule has 36 heavy (non-hydrogen) atoms. The summed E-state index contributed by atoms with van der Waals surface area (Å²) in [6.07, 6.45) is 5.69. The summed E-state index contributed by atoms with van der Waals surface area (Å²) in [5, 5.41) is 0.736. The second-order valence-corrected chi connectivity index (χ2v) is 11.4. The Morgan fingerprint density at radius 1 is 1.03 bits per heavy atom. The third kappa shape index (κ3) is 4.93. The summed E-state index contributed by atoms with van der Waals surface area (Å²) in [6, 6.07) is 14.9. The minimum Gasteiger partial charge on any atom is -0.339 e. The summed E-state index contributed by atoms with van der Waals surface area (Å²) in [7, 11) is -3.87.